The summed E-state index contributed by atoms with van der Waals surface area (Å²) in [5.74, 6) is 0. The molecule has 0 aromatic carbocycles. The second-order valence-electron chi connectivity index (χ2n) is 3.40. The molecule has 0 saturated carbocycles. The van der Waals surface area contributed by atoms with Crippen molar-refractivity contribution in [1.82, 2.24) is 14.4 Å². The highest BCUT2D eigenvalue weighted by atomic mass is 32.1. The van der Waals surface area contributed by atoms with Gasteiger partial charge in [0.15, 0.2) is 4.96 Å². The third-order valence-electron chi connectivity index (χ3n) is 2.26. The molecule has 3 aromatic rings. The number of imidazole rings is 1. The van der Waals surface area contributed by atoms with Crippen LogP contribution in [0.25, 0.3) is 15.7 Å². The zero-order valence-corrected chi connectivity index (χ0v) is 10.0. The maximum atomic E-state index is 4.51. The van der Waals surface area contributed by atoms with E-state index >= 15 is 0 Å². The van der Waals surface area contributed by atoms with Crippen molar-refractivity contribution in [3.63, 3.8) is 0 Å². The molecule has 0 aliphatic rings. The molecular formula is C10H9N3S2. The lowest BCUT2D eigenvalue weighted by molar-refractivity contribution is 1.19. The first kappa shape index (κ1) is 9.06. The highest BCUT2D eigenvalue weighted by Gasteiger charge is 2.13. The SMILES string of the molecule is Cc1csc(-c2c(C)nc3sccn23)n1. The summed E-state index contributed by atoms with van der Waals surface area (Å²) in [7, 11) is 0. The predicted molar refractivity (Wildman–Crippen MR) is 63.7 cm³/mol. The lowest BCUT2D eigenvalue weighted by Gasteiger charge is -1.94. The van der Waals surface area contributed by atoms with E-state index in [-0.39, 0.29) is 0 Å². The topological polar surface area (TPSA) is 30.2 Å². The van der Waals surface area contributed by atoms with E-state index in [0.717, 1.165) is 27.1 Å². The van der Waals surface area contributed by atoms with Crippen LogP contribution in [0, 0.1) is 13.8 Å². The van der Waals surface area contributed by atoms with Gasteiger partial charge in [0.2, 0.25) is 0 Å². The number of hydrogen-bond acceptors (Lipinski definition) is 4. The Morgan fingerprint density at radius 2 is 2.07 bits per heavy atom. The molecule has 0 spiro atoms. The van der Waals surface area contributed by atoms with Crippen LogP contribution < -0.4 is 0 Å². The number of aromatic nitrogens is 3. The molecule has 0 saturated heterocycles. The number of hydrogen-bond donors (Lipinski definition) is 0. The highest BCUT2D eigenvalue weighted by molar-refractivity contribution is 7.15. The fraction of sp³-hybridized carbons (Fsp3) is 0.200. The molecule has 0 aliphatic carbocycles. The van der Waals surface area contributed by atoms with Crippen molar-refractivity contribution >= 4 is 27.6 Å². The molecule has 0 atom stereocenters. The number of rotatable bonds is 1. The molecule has 5 heteroatoms. The molecule has 15 heavy (non-hydrogen) atoms. The van der Waals surface area contributed by atoms with E-state index in [9.17, 15) is 0 Å². The largest absolute Gasteiger partial charge is 0.288 e. The average molecular weight is 235 g/mol. The lowest BCUT2D eigenvalue weighted by atomic mass is 10.3. The van der Waals surface area contributed by atoms with Gasteiger partial charge in [-0.1, -0.05) is 0 Å². The van der Waals surface area contributed by atoms with Gasteiger partial charge in [-0.3, -0.25) is 4.40 Å². The normalized spacial score (nSPS) is 11.3. The van der Waals surface area contributed by atoms with E-state index in [1.165, 1.54) is 0 Å². The van der Waals surface area contributed by atoms with Crippen LogP contribution in [-0.2, 0) is 0 Å². The van der Waals surface area contributed by atoms with Gasteiger partial charge in [-0.25, -0.2) is 9.97 Å². The predicted octanol–water partition coefficient (Wildman–Crippen LogP) is 3.14. The fourth-order valence-electron chi connectivity index (χ4n) is 1.61. The van der Waals surface area contributed by atoms with Gasteiger partial charge in [0, 0.05) is 22.7 Å². The van der Waals surface area contributed by atoms with Crippen molar-refractivity contribution < 1.29 is 0 Å². The van der Waals surface area contributed by atoms with Crippen molar-refractivity contribution in [3.05, 3.63) is 28.3 Å². The van der Waals surface area contributed by atoms with Crippen LogP contribution in [0.2, 0.25) is 0 Å². The van der Waals surface area contributed by atoms with Crippen LogP contribution in [0.1, 0.15) is 11.4 Å². The summed E-state index contributed by atoms with van der Waals surface area (Å²) in [5, 5.41) is 5.17. The van der Waals surface area contributed by atoms with Gasteiger partial charge >= 0.3 is 0 Å². The van der Waals surface area contributed by atoms with Crippen LogP contribution in [0.4, 0.5) is 0 Å². The molecule has 3 rings (SSSR count). The third-order valence-corrected chi connectivity index (χ3v) is 3.98. The summed E-state index contributed by atoms with van der Waals surface area (Å²) in [4.78, 5) is 10.1. The second-order valence-corrected chi connectivity index (χ2v) is 5.13. The van der Waals surface area contributed by atoms with Crippen molar-refractivity contribution in [2.24, 2.45) is 0 Å². The molecule has 0 N–H and O–H groups in total. The van der Waals surface area contributed by atoms with Gasteiger partial charge in [0.05, 0.1) is 5.69 Å². The van der Waals surface area contributed by atoms with Crippen molar-refractivity contribution in [1.29, 1.82) is 0 Å². The lowest BCUT2D eigenvalue weighted by Crippen LogP contribution is -1.85. The minimum Gasteiger partial charge on any atom is -0.288 e. The van der Waals surface area contributed by atoms with E-state index in [2.05, 4.69) is 19.7 Å². The van der Waals surface area contributed by atoms with Gasteiger partial charge in [-0.2, -0.15) is 0 Å². The Morgan fingerprint density at radius 1 is 1.20 bits per heavy atom. The molecule has 0 unspecified atom stereocenters. The summed E-state index contributed by atoms with van der Waals surface area (Å²) in [6.07, 6.45) is 2.05. The molecule has 0 radical (unpaired) electrons. The number of nitrogens with zero attached hydrogens (tertiary/aromatic N) is 3. The van der Waals surface area contributed by atoms with Gasteiger partial charge in [0.1, 0.15) is 10.7 Å². The molecule has 0 aliphatic heterocycles. The first-order valence-electron chi connectivity index (χ1n) is 4.60. The van der Waals surface area contributed by atoms with Gasteiger partial charge in [-0.15, -0.1) is 22.7 Å². The van der Waals surface area contributed by atoms with Gasteiger partial charge in [0.25, 0.3) is 0 Å². The fourth-order valence-corrected chi connectivity index (χ4v) is 3.26. The van der Waals surface area contributed by atoms with Gasteiger partial charge in [-0.05, 0) is 13.8 Å². The van der Waals surface area contributed by atoms with Crippen LogP contribution in [0.5, 0.6) is 0 Å². The van der Waals surface area contributed by atoms with E-state index in [1.54, 1.807) is 22.7 Å². The summed E-state index contributed by atoms with van der Waals surface area (Å²) < 4.78 is 2.11. The summed E-state index contributed by atoms with van der Waals surface area (Å²) in [6, 6.07) is 0. The molecule has 0 bridgehead atoms. The zero-order valence-electron chi connectivity index (χ0n) is 8.39. The van der Waals surface area contributed by atoms with Crippen LogP contribution in [0.3, 0.4) is 0 Å². The minimum atomic E-state index is 1.04. The highest BCUT2D eigenvalue weighted by Crippen LogP contribution is 2.29. The minimum absolute atomic E-state index is 1.04. The Bertz CT molecular complexity index is 617. The molecule has 0 amide bonds. The summed E-state index contributed by atoms with van der Waals surface area (Å²) in [6.45, 7) is 4.05. The Kier molecular flexibility index (Phi) is 1.90. The van der Waals surface area contributed by atoms with Crippen molar-refractivity contribution in [2.45, 2.75) is 13.8 Å². The van der Waals surface area contributed by atoms with E-state index < -0.39 is 0 Å². The maximum Gasteiger partial charge on any atom is 0.194 e. The zero-order chi connectivity index (χ0) is 10.4. The Hall–Kier alpha value is -1.20. The van der Waals surface area contributed by atoms with Gasteiger partial charge < -0.3 is 0 Å². The van der Waals surface area contributed by atoms with Crippen LogP contribution in [0.15, 0.2) is 17.0 Å². The Morgan fingerprint density at radius 3 is 2.80 bits per heavy atom. The summed E-state index contributed by atoms with van der Waals surface area (Å²) >= 11 is 3.32. The van der Waals surface area contributed by atoms with Crippen LogP contribution in [-0.4, -0.2) is 14.4 Å². The molecule has 3 heterocycles. The monoisotopic (exact) mass is 235 g/mol. The molecular weight excluding hydrogens is 226 g/mol. The first-order valence-corrected chi connectivity index (χ1v) is 6.36. The molecule has 0 fully saturated rings. The van der Waals surface area contributed by atoms with E-state index in [1.807, 2.05) is 25.4 Å². The summed E-state index contributed by atoms with van der Waals surface area (Å²) in [5.41, 5.74) is 3.25. The van der Waals surface area contributed by atoms with Crippen LogP contribution >= 0.6 is 22.7 Å². The smallest absolute Gasteiger partial charge is 0.194 e. The van der Waals surface area contributed by atoms with Crippen molar-refractivity contribution in [3.8, 4) is 10.7 Å². The standard InChI is InChI=1S/C10H9N3S2/c1-6-5-15-9(11-6)8-7(2)12-10-13(8)3-4-14-10/h3-5H,1-2H3. The Labute approximate surface area is 95.1 Å². The number of aryl methyl sites for hydroxylation is 2. The second kappa shape index (κ2) is 3.15. The third kappa shape index (κ3) is 1.31. The van der Waals surface area contributed by atoms with E-state index in [0.29, 0.717) is 0 Å². The maximum absolute atomic E-state index is 4.51. The number of fused-ring (bicyclic) bond motifs is 1. The molecule has 76 valence electrons. The molecule has 3 aromatic heterocycles. The number of thiazole rings is 2. The average Bonchev–Trinajstić information content (AvgIpc) is 2.81. The first-order chi connectivity index (χ1) is 7.25. The Balaban J connectivity index is 2.33. The van der Waals surface area contributed by atoms with E-state index in [4.69, 9.17) is 0 Å². The molecule has 3 nitrogen and oxygen atoms in total. The quantitative estimate of drug-likeness (QED) is 0.648. The van der Waals surface area contributed by atoms with Crippen molar-refractivity contribution in [2.75, 3.05) is 0 Å².